The summed E-state index contributed by atoms with van der Waals surface area (Å²) in [6.07, 6.45) is 0. The number of nitrogens with zero attached hydrogens (tertiary/aromatic N) is 1. The van der Waals surface area contributed by atoms with Crippen molar-refractivity contribution < 1.29 is 8.83 Å². The van der Waals surface area contributed by atoms with E-state index in [4.69, 9.17) is 8.83 Å². The van der Waals surface area contributed by atoms with Crippen LogP contribution in [0.15, 0.2) is 158 Å². The molecule has 0 saturated heterocycles. The van der Waals surface area contributed by atoms with Gasteiger partial charge in [0.05, 0.1) is 28.2 Å². The normalized spacial score (nSPS) is 12.1. The maximum absolute atomic E-state index is 13.5. The van der Waals surface area contributed by atoms with Gasteiger partial charge in [0.1, 0.15) is 11.2 Å². The van der Waals surface area contributed by atoms with Gasteiger partial charge in [-0.2, -0.15) is 0 Å². The minimum atomic E-state index is -0.391. The summed E-state index contributed by atoms with van der Waals surface area (Å²) in [7, 11) is 2.02. The van der Waals surface area contributed by atoms with Crippen molar-refractivity contribution in [3.8, 4) is 45.0 Å². The Hall–Kier alpha value is -6.92. The smallest absolute Gasteiger partial charge is 0.345 e. The van der Waals surface area contributed by atoms with Crippen molar-refractivity contribution in [3.63, 3.8) is 0 Å². The summed E-state index contributed by atoms with van der Waals surface area (Å²) in [6, 6.07) is 46.7. The Balaban J connectivity index is 0.981. The van der Waals surface area contributed by atoms with Crippen LogP contribution in [0.4, 0.5) is 0 Å². The van der Waals surface area contributed by atoms with Crippen LogP contribution in [0.25, 0.3) is 99.3 Å². The van der Waals surface area contributed by atoms with Gasteiger partial charge in [-0.05, 0) is 91.5 Å². The second-order valence-electron chi connectivity index (χ2n) is 15.4. The molecule has 4 heterocycles. The molecule has 55 heavy (non-hydrogen) atoms. The van der Waals surface area contributed by atoms with Crippen LogP contribution in [0.2, 0.25) is 0 Å². The van der Waals surface area contributed by atoms with Crippen LogP contribution in [0.5, 0.6) is 0 Å². The first-order valence-corrected chi connectivity index (χ1v) is 18.5. The first-order valence-electron chi connectivity index (χ1n) is 18.5. The van der Waals surface area contributed by atoms with Crippen LogP contribution >= 0.6 is 0 Å². The quantitative estimate of drug-likeness (QED) is 0.145. The predicted molar refractivity (Wildman–Crippen MR) is 225 cm³/mol. The largest absolute Gasteiger partial charge is 0.422 e. The van der Waals surface area contributed by atoms with Gasteiger partial charge in [-0.15, -0.1) is 0 Å². The molecule has 0 spiro atoms. The molecule has 0 aliphatic carbocycles. The third-order valence-electron chi connectivity index (χ3n) is 11.1. The minimum absolute atomic E-state index is 0.0331. The van der Waals surface area contributed by atoms with E-state index in [9.17, 15) is 9.59 Å². The summed E-state index contributed by atoms with van der Waals surface area (Å²) in [5, 5.41) is 8.11. The summed E-state index contributed by atoms with van der Waals surface area (Å²) < 4.78 is 14.0. The highest BCUT2D eigenvalue weighted by Crippen LogP contribution is 2.37. The molecule has 0 fully saturated rings. The number of H-pyrrole nitrogens is 1. The first kappa shape index (κ1) is 32.7. The highest BCUT2D eigenvalue weighted by Gasteiger charge is 2.19. The fourth-order valence-electron chi connectivity index (χ4n) is 8.12. The highest BCUT2D eigenvalue weighted by atomic mass is 16.4. The van der Waals surface area contributed by atoms with E-state index in [0.29, 0.717) is 28.0 Å². The second-order valence-corrected chi connectivity index (χ2v) is 15.4. The predicted octanol–water partition coefficient (Wildman–Crippen LogP) is 12.0. The fourth-order valence-corrected chi connectivity index (χ4v) is 8.12. The van der Waals surface area contributed by atoms with Gasteiger partial charge in [0.25, 0.3) is 0 Å². The van der Waals surface area contributed by atoms with E-state index in [-0.39, 0.29) is 11.0 Å². The molecule has 0 atom stereocenters. The molecule has 0 aliphatic rings. The van der Waals surface area contributed by atoms with Crippen molar-refractivity contribution in [1.29, 1.82) is 0 Å². The average molecular weight is 717 g/mol. The number of hydrogen-bond acceptors (Lipinski definition) is 4. The van der Waals surface area contributed by atoms with E-state index in [2.05, 4.69) is 78.9 Å². The topological polar surface area (TPSA) is 81.1 Å². The number of fused-ring (bicyclic) bond motifs is 9. The summed E-state index contributed by atoms with van der Waals surface area (Å²) in [4.78, 5) is 30.2. The van der Waals surface area contributed by atoms with Crippen LogP contribution in [0, 0.1) is 0 Å². The van der Waals surface area contributed by atoms with Crippen molar-refractivity contribution in [1.82, 2.24) is 9.55 Å². The lowest BCUT2D eigenvalue weighted by Crippen LogP contribution is -2.10. The van der Waals surface area contributed by atoms with E-state index in [1.165, 1.54) is 5.56 Å². The molecule has 10 aromatic rings. The Morgan fingerprint density at radius 3 is 1.87 bits per heavy atom. The molecule has 0 aliphatic heterocycles. The Labute approximate surface area is 315 Å². The standard InChI is InChI=1S/C49H36N2O4/c1-49(2,3)31-18-19-32-30(25-31)17-24-45-38(32)26-37(47(52)54-45)28-13-15-29(16-14-28)43-22-23-44(51(43)4)42-21-20-41(50-42)40-27-39-35-11-6-5-9-33(35)34-10-7-8-12-36(34)46(39)55-48(40)53/h5-27,50H,1-4H3. The second kappa shape index (κ2) is 12.1. The number of benzene rings is 6. The summed E-state index contributed by atoms with van der Waals surface area (Å²) >= 11 is 0. The zero-order valence-electron chi connectivity index (χ0n) is 30.9. The lowest BCUT2D eigenvalue weighted by Gasteiger charge is -2.19. The van der Waals surface area contributed by atoms with Crippen molar-refractivity contribution in [2.75, 3.05) is 0 Å². The van der Waals surface area contributed by atoms with Gasteiger partial charge in [0.15, 0.2) is 0 Å². The Kier molecular flexibility index (Phi) is 7.17. The van der Waals surface area contributed by atoms with Crippen molar-refractivity contribution in [2.45, 2.75) is 26.2 Å². The Morgan fingerprint density at radius 1 is 0.509 bits per heavy atom. The molecule has 10 rings (SSSR count). The summed E-state index contributed by atoms with van der Waals surface area (Å²) in [5.74, 6) is 0. The van der Waals surface area contributed by atoms with E-state index in [1.807, 2.05) is 98.0 Å². The molecule has 0 amide bonds. The maximum atomic E-state index is 13.5. The van der Waals surface area contributed by atoms with Crippen LogP contribution in [0.3, 0.4) is 0 Å². The zero-order valence-corrected chi connectivity index (χ0v) is 30.9. The lowest BCUT2D eigenvalue weighted by molar-refractivity contribution is 0.564. The third kappa shape index (κ3) is 5.24. The SMILES string of the molecule is Cn1c(-c2ccc(-c3cc4c(ccc5cc(C(C)(C)C)ccc54)oc3=O)cc2)ccc1-c1ccc(-c2cc3c4ccccc4c4ccccc4c3oc2=O)[nH]1. The van der Waals surface area contributed by atoms with E-state index in [1.54, 1.807) is 0 Å². The molecule has 0 unspecified atom stereocenters. The van der Waals surface area contributed by atoms with Crippen molar-refractivity contribution >= 4 is 54.3 Å². The maximum Gasteiger partial charge on any atom is 0.345 e. The lowest BCUT2D eigenvalue weighted by atomic mass is 9.85. The monoisotopic (exact) mass is 716 g/mol. The summed E-state index contributed by atoms with van der Waals surface area (Å²) in [6.45, 7) is 6.62. The van der Waals surface area contributed by atoms with E-state index in [0.717, 1.165) is 71.3 Å². The number of aromatic nitrogens is 2. The Morgan fingerprint density at radius 2 is 1.13 bits per heavy atom. The molecule has 6 nitrogen and oxygen atoms in total. The van der Waals surface area contributed by atoms with Crippen molar-refractivity contribution in [2.24, 2.45) is 7.05 Å². The first-order chi connectivity index (χ1) is 26.6. The van der Waals surface area contributed by atoms with Gasteiger partial charge in [0.2, 0.25) is 0 Å². The molecule has 6 aromatic carbocycles. The molecular weight excluding hydrogens is 681 g/mol. The fraction of sp³-hybridized carbons (Fsp3) is 0.102. The van der Waals surface area contributed by atoms with Crippen LogP contribution < -0.4 is 11.3 Å². The molecule has 266 valence electrons. The van der Waals surface area contributed by atoms with Gasteiger partial charge < -0.3 is 18.4 Å². The van der Waals surface area contributed by atoms with Crippen LogP contribution in [0.1, 0.15) is 26.3 Å². The van der Waals surface area contributed by atoms with Crippen LogP contribution in [-0.4, -0.2) is 9.55 Å². The van der Waals surface area contributed by atoms with E-state index < -0.39 is 5.63 Å². The number of aromatic amines is 1. The van der Waals surface area contributed by atoms with Gasteiger partial charge in [0, 0.05) is 28.9 Å². The van der Waals surface area contributed by atoms with Gasteiger partial charge in [-0.1, -0.05) is 118 Å². The number of nitrogens with one attached hydrogen (secondary N) is 1. The minimum Gasteiger partial charge on any atom is -0.422 e. The van der Waals surface area contributed by atoms with Gasteiger partial charge >= 0.3 is 11.3 Å². The van der Waals surface area contributed by atoms with Crippen molar-refractivity contribution in [3.05, 3.63) is 166 Å². The zero-order chi connectivity index (χ0) is 37.6. The van der Waals surface area contributed by atoms with Gasteiger partial charge in [-0.25, -0.2) is 9.59 Å². The molecule has 6 heteroatoms. The molecule has 0 saturated carbocycles. The molecule has 4 aromatic heterocycles. The Bertz CT molecular complexity index is 3300. The molecule has 0 radical (unpaired) electrons. The third-order valence-corrected chi connectivity index (χ3v) is 11.1. The average Bonchev–Trinajstić information content (AvgIpc) is 3.83. The van der Waals surface area contributed by atoms with E-state index >= 15 is 0 Å². The molecule has 1 N–H and O–H groups in total. The number of rotatable bonds is 4. The molecule has 0 bridgehead atoms. The highest BCUT2D eigenvalue weighted by molar-refractivity contribution is 6.23. The van der Waals surface area contributed by atoms with Gasteiger partial charge in [-0.3, -0.25) is 0 Å². The number of hydrogen-bond donors (Lipinski definition) is 1. The van der Waals surface area contributed by atoms with Crippen LogP contribution in [-0.2, 0) is 12.5 Å². The summed E-state index contributed by atoms with van der Waals surface area (Å²) in [5.41, 5.74) is 8.04. The molecular formula is C49H36N2O4.